The number of aromatic nitrogens is 1. The molecule has 1 aliphatic carbocycles. The van der Waals surface area contributed by atoms with Gasteiger partial charge in [0.05, 0.1) is 5.54 Å². The van der Waals surface area contributed by atoms with Gasteiger partial charge in [-0.3, -0.25) is 4.79 Å². The molecule has 0 aromatic carbocycles. The zero-order valence-electron chi connectivity index (χ0n) is 15.2. The molecule has 1 aromatic rings. The Kier molecular flexibility index (Phi) is 3.59. The first-order valence-electron chi connectivity index (χ1n) is 9.52. The van der Waals surface area contributed by atoms with Crippen LogP contribution in [0.5, 0.6) is 0 Å². The van der Waals surface area contributed by atoms with E-state index in [1.54, 1.807) is 4.90 Å². The Morgan fingerprint density at radius 3 is 2.50 bits per heavy atom. The molecule has 0 radical (unpaired) electrons. The summed E-state index contributed by atoms with van der Waals surface area (Å²) in [6, 6.07) is 0.0170. The van der Waals surface area contributed by atoms with Crippen LogP contribution < -0.4 is 5.32 Å². The number of carbonyl (C=O) groups is 2. The zero-order chi connectivity index (χ0) is 19.7. The number of urea groups is 1. The number of likely N-dealkylation sites (tertiary alicyclic amines) is 2. The van der Waals surface area contributed by atoms with Crippen LogP contribution in [0, 0.1) is 11.3 Å². The van der Waals surface area contributed by atoms with E-state index in [1.807, 2.05) is 4.90 Å². The molecule has 3 aliphatic heterocycles. The topological polar surface area (TPSA) is 78.7 Å². The van der Waals surface area contributed by atoms with E-state index in [-0.39, 0.29) is 34.7 Å². The summed E-state index contributed by atoms with van der Waals surface area (Å²) < 4.78 is 42.7. The predicted molar refractivity (Wildman–Crippen MR) is 89.0 cm³/mol. The highest BCUT2D eigenvalue weighted by molar-refractivity contribution is 5.82. The van der Waals surface area contributed by atoms with Gasteiger partial charge in [0.15, 0.2) is 11.6 Å². The van der Waals surface area contributed by atoms with Crippen molar-refractivity contribution in [1.29, 1.82) is 0 Å². The van der Waals surface area contributed by atoms with Crippen LogP contribution in [0.2, 0.25) is 0 Å². The number of nitrogens with zero attached hydrogens (tertiary/aromatic N) is 3. The predicted octanol–water partition coefficient (Wildman–Crippen LogP) is 2.03. The third-order valence-electron chi connectivity index (χ3n) is 6.56. The van der Waals surface area contributed by atoms with Crippen LogP contribution in [0.4, 0.5) is 18.0 Å². The summed E-state index contributed by atoms with van der Waals surface area (Å²) in [4.78, 5) is 31.0. The van der Waals surface area contributed by atoms with Crippen LogP contribution in [-0.4, -0.2) is 58.4 Å². The third kappa shape index (κ3) is 2.84. The Balaban J connectivity index is 1.07. The van der Waals surface area contributed by atoms with E-state index in [2.05, 4.69) is 10.3 Å². The van der Waals surface area contributed by atoms with Gasteiger partial charge in [0.1, 0.15) is 6.26 Å². The van der Waals surface area contributed by atoms with Crippen molar-refractivity contribution in [1.82, 2.24) is 20.1 Å². The number of amides is 3. The molecule has 10 heteroatoms. The minimum absolute atomic E-state index is 0.0170. The first-order chi connectivity index (χ1) is 13.2. The molecule has 3 amide bonds. The molecule has 7 nitrogen and oxygen atoms in total. The smallest absolute Gasteiger partial charge is 0.436 e. The van der Waals surface area contributed by atoms with Gasteiger partial charge in [-0.1, -0.05) is 0 Å². The molecule has 1 aromatic heterocycles. The number of nitrogens with one attached hydrogen (secondary N) is 1. The molecule has 5 rings (SSSR count). The highest BCUT2D eigenvalue weighted by Crippen LogP contribution is 2.53. The fourth-order valence-corrected chi connectivity index (χ4v) is 5.28. The Labute approximate surface area is 159 Å². The molecule has 152 valence electrons. The molecular weight excluding hydrogens is 377 g/mol. The number of rotatable bonds is 2. The van der Waals surface area contributed by atoms with Gasteiger partial charge in [-0.05, 0) is 25.2 Å². The van der Waals surface area contributed by atoms with Gasteiger partial charge in [-0.2, -0.15) is 13.2 Å². The SMILES string of the molecule is O=C1CCC2(CN(C(=O)N3CC4(CC(Cc5nc(C(F)(F)F)co5)C4)C3)C2)N1. The van der Waals surface area contributed by atoms with Gasteiger partial charge in [0.25, 0.3) is 0 Å². The fourth-order valence-electron chi connectivity index (χ4n) is 5.28. The van der Waals surface area contributed by atoms with Crippen molar-refractivity contribution in [3.8, 4) is 0 Å². The Morgan fingerprint density at radius 1 is 1.25 bits per heavy atom. The standard InChI is InChI=1S/C18H21F3N4O3/c19-18(20,21)12-6-28-14(22-12)3-11-4-16(5-11)7-24(8-16)15(27)25-9-17(10-25)2-1-13(26)23-17/h6,11H,1-5,7-10H2,(H,23,26). The Bertz CT molecular complexity index is 816. The van der Waals surface area contributed by atoms with E-state index < -0.39 is 11.9 Å². The number of alkyl halides is 3. The van der Waals surface area contributed by atoms with E-state index >= 15 is 0 Å². The quantitative estimate of drug-likeness (QED) is 0.827. The minimum Gasteiger partial charge on any atom is -0.448 e. The average molecular weight is 398 g/mol. The van der Waals surface area contributed by atoms with E-state index in [1.165, 1.54) is 0 Å². The number of hydrogen-bond donors (Lipinski definition) is 1. The summed E-state index contributed by atoms with van der Waals surface area (Å²) in [7, 11) is 0. The number of halogens is 3. The molecule has 0 atom stereocenters. The second-order valence-corrected chi connectivity index (χ2v) is 8.93. The normalized spacial score (nSPS) is 25.5. The molecule has 1 N–H and O–H groups in total. The van der Waals surface area contributed by atoms with Crippen molar-refractivity contribution in [2.75, 3.05) is 26.2 Å². The zero-order valence-corrected chi connectivity index (χ0v) is 15.2. The van der Waals surface area contributed by atoms with Crippen LogP contribution in [0.15, 0.2) is 10.7 Å². The Hall–Kier alpha value is -2.26. The van der Waals surface area contributed by atoms with Crippen molar-refractivity contribution in [2.45, 2.75) is 43.8 Å². The highest BCUT2D eigenvalue weighted by Gasteiger charge is 2.56. The summed E-state index contributed by atoms with van der Waals surface area (Å²) in [5.74, 6) is 0.436. The van der Waals surface area contributed by atoms with Crippen LogP contribution in [0.1, 0.15) is 37.3 Å². The van der Waals surface area contributed by atoms with Crippen LogP contribution in [0.25, 0.3) is 0 Å². The van der Waals surface area contributed by atoms with Gasteiger partial charge in [-0.15, -0.1) is 0 Å². The van der Waals surface area contributed by atoms with Crippen LogP contribution in [0.3, 0.4) is 0 Å². The largest absolute Gasteiger partial charge is 0.448 e. The number of oxazole rings is 1. The first-order valence-corrected chi connectivity index (χ1v) is 9.52. The molecule has 4 fully saturated rings. The molecule has 0 bridgehead atoms. The van der Waals surface area contributed by atoms with E-state index in [0.717, 1.165) is 19.3 Å². The molecule has 4 aliphatic rings. The van der Waals surface area contributed by atoms with Crippen LogP contribution in [-0.2, 0) is 17.4 Å². The molecule has 3 saturated heterocycles. The van der Waals surface area contributed by atoms with Crippen molar-refractivity contribution in [3.63, 3.8) is 0 Å². The first kappa shape index (κ1) is 17.8. The van der Waals surface area contributed by atoms with Crippen molar-refractivity contribution >= 4 is 11.9 Å². The maximum Gasteiger partial charge on any atom is 0.436 e. The summed E-state index contributed by atoms with van der Waals surface area (Å²) >= 11 is 0. The van der Waals surface area contributed by atoms with Gasteiger partial charge in [0.2, 0.25) is 5.91 Å². The molecular formula is C18H21F3N4O3. The highest BCUT2D eigenvalue weighted by atomic mass is 19.4. The van der Waals surface area contributed by atoms with Crippen molar-refractivity contribution in [3.05, 3.63) is 17.8 Å². The number of hydrogen-bond acceptors (Lipinski definition) is 4. The fraction of sp³-hybridized carbons (Fsp3) is 0.722. The van der Waals surface area contributed by atoms with Gasteiger partial charge >= 0.3 is 12.2 Å². The van der Waals surface area contributed by atoms with Crippen LogP contribution >= 0.6 is 0 Å². The molecule has 4 heterocycles. The summed E-state index contributed by atoms with van der Waals surface area (Å²) in [6.45, 7) is 2.54. The monoisotopic (exact) mass is 398 g/mol. The Morgan fingerprint density at radius 2 is 1.93 bits per heavy atom. The lowest BCUT2D eigenvalue weighted by atomic mass is 9.57. The maximum atomic E-state index is 12.6. The van der Waals surface area contributed by atoms with Crippen molar-refractivity contribution in [2.24, 2.45) is 11.3 Å². The summed E-state index contributed by atoms with van der Waals surface area (Å²) in [6.07, 6.45) is -0.335. The van der Waals surface area contributed by atoms with E-state index in [0.29, 0.717) is 45.3 Å². The molecule has 28 heavy (non-hydrogen) atoms. The second kappa shape index (κ2) is 5.64. The van der Waals surface area contributed by atoms with Gasteiger partial charge in [-0.25, -0.2) is 9.78 Å². The molecule has 0 unspecified atom stereocenters. The number of carbonyl (C=O) groups excluding carboxylic acids is 2. The molecule has 2 spiro atoms. The van der Waals surface area contributed by atoms with Crippen molar-refractivity contribution < 1.29 is 27.2 Å². The third-order valence-corrected chi connectivity index (χ3v) is 6.56. The summed E-state index contributed by atoms with van der Waals surface area (Å²) in [5.41, 5.74) is -1.09. The second-order valence-electron chi connectivity index (χ2n) is 8.93. The maximum absolute atomic E-state index is 12.6. The lowest BCUT2D eigenvalue weighted by Gasteiger charge is -2.61. The average Bonchev–Trinajstić information content (AvgIpc) is 3.12. The lowest BCUT2D eigenvalue weighted by molar-refractivity contribution is -0.141. The molecule has 1 saturated carbocycles. The van der Waals surface area contributed by atoms with Gasteiger partial charge < -0.3 is 19.5 Å². The van der Waals surface area contributed by atoms with E-state index in [4.69, 9.17) is 4.42 Å². The van der Waals surface area contributed by atoms with E-state index in [9.17, 15) is 22.8 Å². The lowest BCUT2D eigenvalue weighted by Crippen LogP contribution is -2.73. The van der Waals surface area contributed by atoms with Gasteiger partial charge in [0, 0.05) is 44.4 Å². The summed E-state index contributed by atoms with van der Waals surface area (Å²) in [5, 5.41) is 2.97. The minimum atomic E-state index is -4.48.